The predicted octanol–water partition coefficient (Wildman–Crippen LogP) is 3.06. The second-order valence-electron chi connectivity index (χ2n) is 4.42. The van der Waals surface area contributed by atoms with E-state index in [4.69, 9.17) is 5.73 Å². The maximum Gasteiger partial charge on any atom is 0.163 e. The highest BCUT2D eigenvalue weighted by Crippen LogP contribution is 2.28. The Morgan fingerprint density at radius 3 is 2.59 bits per heavy atom. The Bertz CT molecular complexity index is 602. The molecule has 1 aliphatic carbocycles. The summed E-state index contributed by atoms with van der Waals surface area (Å²) < 4.78 is 0. The standard InChI is InChI=1S/C15H13NO/c16-13-3-1-2-10(9-13)11-4-6-14-12(8-11)5-7-15(14)17/h1-4,6,8-9H,5,7,16H2. The van der Waals surface area contributed by atoms with Crippen LogP contribution in [0.4, 0.5) is 5.69 Å². The van der Waals surface area contributed by atoms with Gasteiger partial charge in [0.1, 0.15) is 0 Å². The number of benzene rings is 2. The van der Waals surface area contributed by atoms with Gasteiger partial charge >= 0.3 is 0 Å². The molecule has 2 heteroatoms. The number of ketones is 1. The number of carbonyl (C=O) groups is 1. The van der Waals surface area contributed by atoms with Gasteiger partial charge < -0.3 is 5.73 Å². The SMILES string of the molecule is Nc1cccc(-c2ccc3c(c2)CCC3=O)c1. The summed E-state index contributed by atoms with van der Waals surface area (Å²) in [5.74, 6) is 0.263. The van der Waals surface area contributed by atoms with Crippen molar-refractivity contribution < 1.29 is 4.79 Å². The molecule has 0 heterocycles. The van der Waals surface area contributed by atoms with Crippen LogP contribution in [0.15, 0.2) is 42.5 Å². The monoisotopic (exact) mass is 223 g/mol. The zero-order chi connectivity index (χ0) is 11.8. The van der Waals surface area contributed by atoms with Gasteiger partial charge in [0.2, 0.25) is 0 Å². The fourth-order valence-electron chi connectivity index (χ4n) is 2.35. The molecule has 1 aliphatic rings. The molecule has 0 saturated carbocycles. The average Bonchev–Trinajstić information content (AvgIpc) is 2.71. The third-order valence-corrected chi connectivity index (χ3v) is 3.25. The van der Waals surface area contributed by atoms with Crippen LogP contribution in [-0.4, -0.2) is 5.78 Å². The zero-order valence-electron chi connectivity index (χ0n) is 9.44. The molecular formula is C15H13NO. The molecule has 17 heavy (non-hydrogen) atoms. The Balaban J connectivity index is 2.09. The van der Waals surface area contributed by atoms with Crippen LogP contribution in [0.2, 0.25) is 0 Å². The Morgan fingerprint density at radius 2 is 1.76 bits per heavy atom. The Morgan fingerprint density at radius 1 is 0.941 bits per heavy atom. The summed E-state index contributed by atoms with van der Waals surface area (Å²) >= 11 is 0. The number of hydrogen-bond acceptors (Lipinski definition) is 2. The van der Waals surface area contributed by atoms with E-state index in [0.29, 0.717) is 6.42 Å². The first-order valence-corrected chi connectivity index (χ1v) is 5.76. The molecule has 0 amide bonds. The first kappa shape index (κ1) is 10.1. The molecule has 0 aliphatic heterocycles. The molecule has 2 nitrogen and oxygen atoms in total. The molecule has 0 bridgehead atoms. The van der Waals surface area contributed by atoms with E-state index in [1.165, 1.54) is 0 Å². The highest BCUT2D eigenvalue weighted by molar-refractivity contribution is 6.00. The van der Waals surface area contributed by atoms with Crippen molar-refractivity contribution >= 4 is 11.5 Å². The highest BCUT2D eigenvalue weighted by Gasteiger charge is 2.19. The maximum absolute atomic E-state index is 11.5. The van der Waals surface area contributed by atoms with Crippen molar-refractivity contribution in [1.82, 2.24) is 0 Å². The molecule has 0 spiro atoms. The average molecular weight is 223 g/mol. The molecule has 3 rings (SSSR count). The second kappa shape index (κ2) is 3.74. The van der Waals surface area contributed by atoms with Crippen LogP contribution < -0.4 is 5.73 Å². The number of anilines is 1. The lowest BCUT2D eigenvalue weighted by Crippen LogP contribution is -1.91. The van der Waals surface area contributed by atoms with Crippen LogP contribution in [0.3, 0.4) is 0 Å². The normalized spacial score (nSPS) is 13.8. The van der Waals surface area contributed by atoms with Gasteiger partial charge in [-0.25, -0.2) is 0 Å². The summed E-state index contributed by atoms with van der Waals surface area (Å²) in [6.45, 7) is 0. The number of Topliss-reactive ketones (excluding diaryl/α,β-unsaturated/α-hetero) is 1. The highest BCUT2D eigenvalue weighted by atomic mass is 16.1. The fourth-order valence-corrected chi connectivity index (χ4v) is 2.35. The predicted molar refractivity (Wildman–Crippen MR) is 68.9 cm³/mol. The fraction of sp³-hybridized carbons (Fsp3) is 0.133. The van der Waals surface area contributed by atoms with Crippen LogP contribution in [0, 0.1) is 0 Å². The van der Waals surface area contributed by atoms with E-state index in [0.717, 1.165) is 34.4 Å². The lowest BCUT2D eigenvalue weighted by molar-refractivity contribution is 0.0994. The molecule has 2 aromatic rings. The quantitative estimate of drug-likeness (QED) is 0.755. The molecule has 0 saturated heterocycles. The number of carbonyl (C=O) groups excluding carboxylic acids is 1. The number of hydrogen-bond donors (Lipinski definition) is 1. The van der Waals surface area contributed by atoms with Crippen molar-refractivity contribution in [2.45, 2.75) is 12.8 Å². The van der Waals surface area contributed by atoms with Crippen molar-refractivity contribution in [2.75, 3.05) is 5.73 Å². The third-order valence-electron chi connectivity index (χ3n) is 3.25. The largest absolute Gasteiger partial charge is 0.399 e. The third kappa shape index (κ3) is 1.72. The van der Waals surface area contributed by atoms with Crippen LogP contribution in [0.1, 0.15) is 22.3 Å². The summed E-state index contributed by atoms with van der Waals surface area (Å²) in [6, 6.07) is 13.9. The molecule has 2 aromatic carbocycles. The van der Waals surface area contributed by atoms with Crippen molar-refractivity contribution in [3.8, 4) is 11.1 Å². The number of nitrogens with two attached hydrogens (primary N) is 1. The Hall–Kier alpha value is -2.09. The number of rotatable bonds is 1. The number of aryl methyl sites for hydroxylation is 1. The van der Waals surface area contributed by atoms with E-state index in [1.807, 2.05) is 36.4 Å². The number of fused-ring (bicyclic) bond motifs is 1. The van der Waals surface area contributed by atoms with Gasteiger partial charge in [0, 0.05) is 17.7 Å². The molecule has 84 valence electrons. The van der Waals surface area contributed by atoms with Crippen LogP contribution in [0.25, 0.3) is 11.1 Å². The topological polar surface area (TPSA) is 43.1 Å². The Labute approximate surface area is 100 Å². The van der Waals surface area contributed by atoms with Crippen molar-refractivity contribution in [1.29, 1.82) is 0 Å². The summed E-state index contributed by atoms with van der Waals surface area (Å²) in [7, 11) is 0. The van der Waals surface area contributed by atoms with Crippen LogP contribution in [-0.2, 0) is 6.42 Å². The van der Waals surface area contributed by atoms with Gasteiger partial charge in [-0.1, -0.05) is 30.3 Å². The van der Waals surface area contributed by atoms with E-state index in [1.54, 1.807) is 0 Å². The summed E-state index contributed by atoms with van der Waals surface area (Å²) in [6.07, 6.45) is 1.51. The minimum atomic E-state index is 0.263. The molecule has 0 fully saturated rings. The van der Waals surface area contributed by atoms with Gasteiger partial charge in [-0.2, -0.15) is 0 Å². The van der Waals surface area contributed by atoms with Gasteiger partial charge in [0.15, 0.2) is 5.78 Å². The van der Waals surface area contributed by atoms with Gasteiger partial charge in [0.25, 0.3) is 0 Å². The molecular weight excluding hydrogens is 210 g/mol. The van der Waals surface area contributed by atoms with E-state index in [2.05, 4.69) is 6.07 Å². The van der Waals surface area contributed by atoms with Gasteiger partial charge in [0.05, 0.1) is 0 Å². The van der Waals surface area contributed by atoms with Gasteiger partial charge in [-0.3, -0.25) is 4.79 Å². The summed E-state index contributed by atoms with van der Waals surface area (Å²) in [4.78, 5) is 11.5. The molecule has 2 N–H and O–H groups in total. The van der Waals surface area contributed by atoms with E-state index in [9.17, 15) is 4.79 Å². The van der Waals surface area contributed by atoms with E-state index in [-0.39, 0.29) is 5.78 Å². The van der Waals surface area contributed by atoms with Crippen molar-refractivity contribution in [3.63, 3.8) is 0 Å². The van der Waals surface area contributed by atoms with Gasteiger partial charge in [-0.15, -0.1) is 0 Å². The maximum atomic E-state index is 11.5. The van der Waals surface area contributed by atoms with E-state index < -0.39 is 0 Å². The number of nitrogen functional groups attached to an aromatic ring is 1. The molecule has 0 radical (unpaired) electrons. The summed E-state index contributed by atoms with van der Waals surface area (Å²) in [5, 5.41) is 0. The van der Waals surface area contributed by atoms with Gasteiger partial charge in [-0.05, 0) is 35.2 Å². The zero-order valence-corrected chi connectivity index (χ0v) is 9.44. The minimum absolute atomic E-state index is 0.263. The first-order valence-electron chi connectivity index (χ1n) is 5.76. The summed E-state index contributed by atoms with van der Waals surface area (Å²) in [5.41, 5.74) is 10.8. The second-order valence-corrected chi connectivity index (χ2v) is 4.42. The lowest BCUT2D eigenvalue weighted by Gasteiger charge is -2.05. The first-order chi connectivity index (χ1) is 8.24. The van der Waals surface area contributed by atoms with E-state index >= 15 is 0 Å². The van der Waals surface area contributed by atoms with Crippen LogP contribution >= 0.6 is 0 Å². The lowest BCUT2D eigenvalue weighted by atomic mass is 10.00. The Kier molecular flexibility index (Phi) is 2.22. The smallest absolute Gasteiger partial charge is 0.163 e. The van der Waals surface area contributed by atoms with Crippen molar-refractivity contribution in [3.05, 3.63) is 53.6 Å². The van der Waals surface area contributed by atoms with Crippen molar-refractivity contribution in [2.24, 2.45) is 0 Å². The molecule has 0 aromatic heterocycles. The van der Waals surface area contributed by atoms with Crippen LogP contribution in [0.5, 0.6) is 0 Å². The molecule has 0 unspecified atom stereocenters. The molecule has 0 atom stereocenters. The minimum Gasteiger partial charge on any atom is -0.399 e.